The first-order valence-corrected chi connectivity index (χ1v) is 9.39. The van der Waals surface area contributed by atoms with Crippen LogP contribution in [0.3, 0.4) is 0 Å². The van der Waals surface area contributed by atoms with E-state index in [1.165, 1.54) is 13.2 Å². The number of ether oxygens (including phenoxy) is 1. The number of thiophene rings is 1. The first-order valence-electron chi connectivity index (χ1n) is 6.29. The number of carbonyl (C=O) groups excluding carboxylic acids is 1. The van der Waals surface area contributed by atoms with E-state index in [9.17, 15) is 13.2 Å². The van der Waals surface area contributed by atoms with Crippen molar-refractivity contribution in [2.24, 2.45) is 0 Å². The van der Waals surface area contributed by atoms with Gasteiger partial charge in [-0.05, 0) is 28.4 Å². The van der Waals surface area contributed by atoms with Crippen LogP contribution >= 0.6 is 27.3 Å². The first-order chi connectivity index (χ1) is 9.42. The van der Waals surface area contributed by atoms with E-state index < -0.39 is 16.0 Å². The zero-order valence-corrected chi connectivity index (χ0v) is 14.7. The number of nitrogens with one attached hydrogen (secondary N) is 1. The van der Waals surface area contributed by atoms with Crippen molar-refractivity contribution in [2.45, 2.75) is 37.5 Å². The number of hydrogen-bond donors (Lipinski definition) is 1. The number of methoxy groups -OCH3 is 1. The Balaban J connectivity index is 2.72. The van der Waals surface area contributed by atoms with Crippen molar-refractivity contribution in [3.05, 3.63) is 14.7 Å². The maximum Gasteiger partial charge on any atom is 0.348 e. The highest BCUT2D eigenvalue weighted by atomic mass is 79.9. The van der Waals surface area contributed by atoms with Gasteiger partial charge in [0, 0.05) is 6.54 Å². The van der Waals surface area contributed by atoms with Gasteiger partial charge in [0.25, 0.3) is 0 Å². The van der Waals surface area contributed by atoms with E-state index in [1.807, 2.05) is 0 Å². The van der Waals surface area contributed by atoms with Gasteiger partial charge >= 0.3 is 5.97 Å². The molecular weight excluding hydrogens is 366 g/mol. The molecule has 1 aromatic rings. The van der Waals surface area contributed by atoms with Gasteiger partial charge in [-0.15, -0.1) is 11.3 Å². The Morgan fingerprint density at radius 2 is 2.10 bits per heavy atom. The van der Waals surface area contributed by atoms with Crippen molar-refractivity contribution in [3.63, 3.8) is 0 Å². The highest BCUT2D eigenvalue weighted by Crippen LogP contribution is 2.31. The van der Waals surface area contributed by atoms with Gasteiger partial charge < -0.3 is 4.74 Å². The van der Waals surface area contributed by atoms with Crippen LogP contribution in [0.1, 0.15) is 42.3 Å². The quantitative estimate of drug-likeness (QED) is 0.552. The fraction of sp³-hybridized carbons (Fsp3) is 0.583. The topological polar surface area (TPSA) is 72.5 Å². The summed E-state index contributed by atoms with van der Waals surface area (Å²) in [5.41, 5.74) is 0. The molecule has 0 atom stereocenters. The third-order valence-electron chi connectivity index (χ3n) is 2.65. The Labute approximate surface area is 131 Å². The molecule has 5 nitrogen and oxygen atoms in total. The average Bonchev–Trinajstić information content (AvgIpc) is 2.80. The van der Waals surface area contributed by atoms with Crippen molar-refractivity contribution in [1.82, 2.24) is 4.72 Å². The Kier molecular flexibility index (Phi) is 7.14. The van der Waals surface area contributed by atoms with Gasteiger partial charge in [-0.25, -0.2) is 17.9 Å². The molecular formula is C12H18BrNO4S2. The molecule has 20 heavy (non-hydrogen) atoms. The van der Waals surface area contributed by atoms with Gasteiger partial charge in [-0.1, -0.05) is 26.2 Å². The SMILES string of the molecule is CCCCCCNS(=O)(=O)c1cc(C(=O)OC)sc1Br. The summed E-state index contributed by atoms with van der Waals surface area (Å²) in [5.74, 6) is -0.542. The Morgan fingerprint density at radius 3 is 2.70 bits per heavy atom. The Bertz CT molecular complexity index is 554. The van der Waals surface area contributed by atoms with E-state index >= 15 is 0 Å². The van der Waals surface area contributed by atoms with E-state index in [2.05, 4.69) is 32.3 Å². The zero-order chi connectivity index (χ0) is 15.2. The molecule has 0 aliphatic carbocycles. The van der Waals surface area contributed by atoms with Gasteiger partial charge in [0.1, 0.15) is 9.77 Å². The Morgan fingerprint density at radius 1 is 1.40 bits per heavy atom. The van der Waals surface area contributed by atoms with Gasteiger partial charge in [-0.2, -0.15) is 0 Å². The van der Waals surface area contributed by atoms with Crippen LogP contribution in [-0.4, -0.2) is 28.0 Å². The fourth-order valence-electron chi connectivity index (χ4n) is 1.57. The van der Waals surface area contributed by atoms with E-state index in [1.54, 1.807) is 0 Å². The molecule has 1 rings (SSSR count). The van der Waals surface area contributed by atoms with E-state index in [0.717, 1.165) is 37.0 Å². The van der Waals surface area contributed by atoms with Crippen LogP contribution in [0, 0.1) is 0 Å². The molecule has 0 saturated heterocycles. The largest absolute Gasteiger partial charge is 0.465 e. The standard InChI is InChI=1S/C12H18BrNO4S2/c1-3-4-5-6-7-14-20(16,17)10-8-9(12(15)18-2)19-11(10)13/h8,14H,3-7H2,1-2H3. The minimum absolute atomic E-state index is 0.0818. The maximum atomic E-state index is 12.1. The number of sulfonamides is 1. The zero-order valence-electron chi connectivity index (χ0n) is 11.4. The summed E-state index contributed by atoms with van der Waals surface area (Å²) in [6.45, 7) is 2.50. The number of unbranched alkanes of at least 4 members (excludes halogenated alkanes) is 3. The molecule has 0 saturated carbocycles. The molecule has 0 fully saturated rings. The molecule has 8 heteroatoms. The van der Waals surface area contributed by atoms with Crippen LogP contribution in [0.25, 0.3) is 0 Å². The molecule has 0 aliphatic heterocycles. The lowest BCUT2D eigenvalue weighted by Gasteiger charge is -2.05. The van der Waals surface area contributed by atoms with Crippen molar-refractivity contribution in [2.75, 3.05) is 13.7 Å². The van der Waals surface area contributed by atoms with Crippen molar-refractivity contribution in [1.29, 1.82) is 0 Å². The highest BCUT2D eigenvalue weighted by molar-refractivity contribution is 9.11. The van der Waals surface area contributed by atoms with Gasteiger partial charge in [-0.3, -0.25) is 0 Å². The summed E-state index contributed by atoms with van der Waals surface area (Å²) in [5, 5.41) is 0. The van der Waals surface area contributed by atoms with Crippen LogP contribution in [-0.2, 0) is 14.8 Å². The number of carbonyl (C=O) groups is 1. The Hall–Kier alpha value is -0.440. The molecule has 0 radical (unpaired) electrons. The molecule has 0 unspecified atom stereocenters. The van der Waals surface area contributed by atoms with E-state index in [-0.39, 0.29) is 9.77 Å². The molecule has 0 aromatic carbocycles. The predicted octanol–water partition coefficient (Wildman–Crippen LogP) is 3.16. The second kappa shape index (κ2) is 8.11. The minimum atomic E-state index is -3.59. The van der Waals surface area contributed by atoms with E-state index in [0.29, 0.717) is 10.3 Å². The van der Waals surface area contributed by atoms with Crippen LogP contribution in [0.2, 0.25) is 0 Å². The highest BCUT2D eigenvalue weighted by Gasteiger charge is 2.23. The second-order valence-electron chi connectivity index (χ2n) is 4.20. The number of esters is 1. The lowest BCUT2D eigenvalue weighted by atomic mass is 10.2. The van der Waals surface area contributed by atoms with Gasteiger partial charge in [0.2, 0.25) is 10.0 Å². The molecule has 0 aliphatic rings. The summed E-state index contributed by atoms with van der Waals surface area (Å²) in [7, 11) is -2.33. The molecule has 0 amide bonds. The summed E-state index contributed by atoms with van der Waals surface area (Å²) >= 11 is 4.22. The van der Waals surface area contributed by atoms with E-state index in [4.69, 9.17) is 0 Å². The summed E-state index contributed by atoms with van der Waals surface area (Å²) in [4.78, 5) is 11.7. The van der Waals surface area contributed by atoms with Crippen LogP contribution < -0.4 is 4.72 Å². The summed E-state index contributed by atoms with van der Waals surface area (Å²) < 4.78 is 31.8. The van der Waals surface area contributed by atoms with Crippen molar-refractivity contribution in [3.8, 4) is 0 Å². The lowest BCUT2D eigenvalue weighted by Crippen LogP contribution is -2.24. The third kappa shape index (κ3) is 4.83. The predicted molar refractivity (Wildman–Crippen MR) is 82.7 cm³/mol. The van der Waals surface area contributed by atoms with Crippen molar-refractivity contribution < 1.29 is 17.9 Å². The van der Waals surface area contributed by atoms with Crippen molar-refractivity contribution >= 4 is 43.3 Å². The molecule has 0 bridgehead atoms. The number of hydrogen-bond acceptors (Lipinski definition) is 5. The molecule has 0 spiro atoms. The fourth-order valence-corrected chi connectivity index (χ4v) is 5.13. The summed E-state index contributed by atoms with van der Waals surface area (Å²) in [6, 6.07) is 1.33. The molecule has 1 N–H and O–H groups in total. The minimum Gasteiger partial charge on any atom is -0.465 e. The smallest absolute Gasteiger partial charge is 0.348 e. The van der Waals surface area contributed by atoms with Crippen LogP contribution in [0.5, 0.6) is 0 Å². The summed E-state index contributed by atoms with van der Waals surface area (Å²) in [6.07, 6.45) is 4.00. The third-order valence-corrected chi connectivity index (χ3v) is 6.35. The monoisotopic (exact) mass is 383 g/mol. The normalized spacial score (nSPS) is 11.6. The molecule has 1 heterocycles. The van der Waals surface area contributed by atoms with Gasteiger partial charge in [0.05, 0.1) is 10.9 Å². The van der Waals surface area contributed by atoms with Gasteiger partial charge in [0.15, 0.2) is 0 Å². The first kappa shape index (κ1) is 17.6. The second-order valence-corrected chi connectivity index (χ2v) is 8.30. The molecule has 1 aromatic heterocycles. The maximum absolute atomic E-state index is 12.1. The average molecular weight is 384 g/mol. The van der Waals surface area contributed by atoms with Crippen LogP contribution in [0.15, 0.2) is 14.7 Å². The number of rotatable bonds is 8. The molecule has 114 valence electrons. The van der Waals surface area contributed by atoms with Crippen LogP contribution in [0.4, 0.5) is 0 Å². The number of halogens is 1. The lowest BCUT2D eigenvalue weighted by molar-refractivity contribution is 0.0606.